The van der Waals surface area contributed by atoms with Crippen LogP contribution in [0.2, 0.25) is 0 Å². The molecule has 9 nitrogen and oxygen atoms in total. The second-order valence-corrected chi connectivity index (χ2v) is 26.0. The van der Waals surface area contributed by atoms with Crippen molar-refractivity contribution < 1.29 is 42.1 Å². The molecule has 0 fully saturated rings. The van der Waals surface area contributed by atoms with Gasteiger partial charge in [-0.2, -0.15) is 0 Å². The van der Waals surface area contributed by atoms with Gasteiger partial charge >= 0.3 is 19.8 Å². The Bertz CT molecular complexity index is 1930. The van der Waals surface area contributed by atoms with Crippen molar-refractivity contribution >= 4 is 19.8 Å². The number of allylic oxidation sites excluding steroid dienone is 22. The quantitative estimate of drug-likeness (QED) is 0.0211. The van der Waals surface area contributed by atoms with Gasteiger partial charge in [0, 0.05) is 12.8 Å². The number of likely N-dealkylation sites (N-methyl/N-ethyl adjacent to an activating group) is 1. The van der Waals surface area contributed by atoms with Crippen molar-refractivity contribution in [1.29, 1.82) is 0 Å². The number of hydrogen-bond acceptors (Lipinski definition) is 7. The van der Waals surface area contributed by atoms with Crippen molar-refractivity contribution in [2.45, 2.75) is 296 Å². The van der Waals surface area contributed by atoms with Crippen molar-refractivity contribution in [3.8, 4) is 0 Å². The molecule has 0 amide bonds. The summed E-state index contributed by atoms with van der Waals surface area (Å²) in [5.41, 5.74) is 0. The zero-order valence-electron chi connectivity index (χ0n) is 56.7. The van der Waals surface area contributed by atoms with Crippen LogP contribution in [0.25, 0.3) is 0 Å². The number of hydrogen-bond donors (Lipinski definition) is 1. The molecular formula is C77H133NO8P+. The Morgan fingerprint density at radius 1 is 0.368 bits per heavy atom. The first kappa shape index (κ1) is 83.2. The molecule has 1 N–H and O–H groups in total. The Hall–Kier alpha value is -3.85. The number of carbonyl (C=O) groups is 2. The Kier molecular flexibility index (Phi) is 63.6. The molecule has 0 heterocycles. The maximum Gasteiger partial charge on any atom is 0.472 e. The van der Waals surface area contributed by atoms with Crippen molar-refractivity contribution in [3.63, 3.8) is 0 Å². The van der Waals surface area contributed by atoms with Gasteiger partial charge in [-0.25, -0.2) is 4.57 Å². The highest BCUT2D eigenvalue weighted by Crippen LogP contribution is 2.43. The molecule has 0 aliphatic carbocycles. The van der Waals surface area contributed by atoms with Gasteiger partial charge in [0.15, 0.2) is 6.10 Å². The van der Waals surface area contributed by atoms with Crippen LogP contribution in [0.1, 0.15) is 290 Å². The number of nitrogens with zero attached hydrogens (tertiary/aromatic N) is 1. The summed E-state index contributed by atoms with van der Waals surface area (Å²) in [6.45, 7) is 4.33. The highest BCUT2D eigenvalue weighted by Gasteiger charge is 2.27. The van der Waals surface area contributed by atoms with Crippen molar-refractivity contribution in [1.82, 2.24) is 0 Å². The summed E-state index contributed by atoms with van der Waals surface area (Å²) < 4.78 is 34.7. The molecule has 0 saturated carbocycles. The van der Waals surface area contributed by atoms with Gasteiger partial charge in [-0.1, -0.05) is 314 Å². The number of rotatable bonds is 64. The normalized spacial score (nSPS) is 14.0. The zero-order chi connectivity index (χ0) is 63.4. The molecule has 0 bridgehead atoms. The number of carbonyl (C=O) groups excluding carboxylic acids is 2. The van der Waals surface area contributed by atoms with Gasteiger partial charge in [0.1, 0.15) is 19.8 Å². The SMILES string of the molecule is CC/C=C\C/C=C\C/C=C\C/C=C\C/C=C\C/C=C\C/C=C\C/C=C\C/C=C\C/C=C\C/C=C\CCCCCCCCCC(=O)OC(COC(=O)CCCCCCCCCCCCCCCCCCCCCCCC)COP(=O)(O)OCC[N+](C)(C)C. The molecule has 498 valence electrons. The molecule has 0 radical (unpaired) electrons. The molecule has 0 saturated heterocycles. The van der Waals surface area contributed by atoms with Crippen LogP contribution >= 0.6 is 7.82 Å². The molecule has 87 heavy (non-hydrogen) atoms. The van der Waals surface area contributed by atoms with E-state index in [9.17, 15) is 19.0 Å². The van der Waals surface area contributed by atoms with E-state index in [0.29, 0.717) is 17.4 Å². The van der Waals surface area contributed by atoms with E-state index in [-0.39, 0.29) is 32.0 Å². The standard InChI is InChI=1S/C77H132NO8P/c1-6-8-10-12-14-16-18-20-22-24-26-28-30-31-32-33-34-35-36-37-38-39-40-41-42-43-44-45-46-47-48-50-52-54-56-58-60-62-64-66-68-70-77(80)86-75(74-85-87(81,82)84-72-71-78(3,4)5)73-83-76(79)69-67-65-63-61-59-57-55-53-51-49-29-27-25-23-21-19-17-15-13-11-9-7-2/h8,10,14,16,20,22,26,28,31-32,34-35,37-38,40-41,43-44,46-47,50,52,75H,6-7,9,11-13,15,17-19,21,23-25,27,29-30,33,36,39,42,45,48-49,51,53-74H2,1-5H3/p+1/b10-8-,16-14-,22-20-,28-26-,32-31-,35-34-,38-37-,41-40-,44-43-,47-46-,52-50-. The van der Waals surface area contributed by atoms with E-state index >= 15 is 0 Å². The highest BCUT2D eigenvalue weighted by atomic mass is 31.2. The minimum absolute atomic E-state index is 0.0249. The van der Waals surface area contributed by atoms with Crippen LogP contribution in [-0.4, -0.2) is 74.9 Å². The molecular weight excluding hydrogens is 1100 g/mol. The molecule has 0 aliphatic heterocycles. The second-order valence-electron chi connectivity index (χ2n) is 24.5. The van der Waals surface area contributed by atoms with Gasteiger partial charge in [0.25, 0.3) is 0 Å². The first-order valence-corrected chi connectivity index (χ1v) is 36.9. The van der Waals surface area contributed by atoms with E-state index in [4.69, 9.17) is 18.5 Å². The second kappa shape index (κ2) is 66.6. The molecule has 0 spiro atoms. The number of esters is 2. The lowest BCUT2D eigenvalue weighted by atomic mass is 10.0. The first-order valence-electron chi connectivity index (χ1n) is 35.4. The van der Waals surface area contributed by atoms with Crippen LogP contribution in [0.3, 0.4) is 0 Å². The number of phosphoric ester groups is 1. The van der Waals surface area contributed by atoms with Crippen LogP contribution in [0.5, 0.6) is 0 Å². The number of phosphoric acid groups is 1. The predicted molar refractivity (Wildman–Crippen MR) is 376 cm³/mol. The van der Waals surface area contributed by atoms with Gasteiger partial charge < -0.3 is 18.9 Å². The van der Waals surface area contributed by atoms with Crippen LogP contribution < -0.4 is 0 Å². The summed E-state index contributed by atoms with van der Waals surface area (Å²) in [6, 6.07) is 0. The van der Waals surface area contributed by atoms with E-state index < -0.39 is 26.5 Å². The molecule has 0 rings (SSSR count). The first-order chi connectivity index (χ1) is 42.5. The fraction of sp³-hybridized carbons (Fsp3) is 0.688. The summed E-state index contributed by atoms with van der Waals surface area (Å²) in [5, 5.41) is 0. The van der Waals surface area contributed by atoms with E-state index in [0.717, 1.165) is 116 Å². The van der Waals surface area contributed by atoms with Crippen molar-refractivity contribution in [2.75, 3.05) is 47.5 Å². The third-order valence-electron chi connectivity index (χ3n) is 14.9. The van der Waals surface area contributed by atoms with Crippen LogP contribution in [0.4, 0.5) is 0 Å². The summed E-state index contributed by atoms with van der Waals surface area (Å²) in [5.74, 6) is -0.807. The highest BCUT2D eigenvalue weighted by molar-refractivity contribution is 7.47. The van der Waals surface area contributed by atoms with Crippen LogP contribution in [-0.2, 0) is 32.7 Å². The summed E-state index contributed by atoms with van der Waals surface area (Å²) in [6.07, 6.45) is 96.9. The topological polar surface area (TPSA) is 108 Å². The van der Waals surface area contributed by atoms with Gasteiger partial charge in [-0.05, 0) is 96.3 Å². The zero-order valence-corrected chi connectivity index (χ0v) is 57.6. The van der Waals surface area contributed by atoms with E-state index in [1.807, 2.05) is 21.1 Å². The number of unbranched alkanes of at least 4 members (excludes halogenated alkanes) is 28. The molecule has 2 atom stereocenters. The Morgan fingerprint density at radius 3 is 0.977 bits per heavy atom. The fourth-order valence-electron chi connectivity index (χ4n) is 9.55. The lowest BCUT2D eigenvalue weighted by Gasteiger charge is -2.24. The third kappa shape index (κ3) is 71.1. The largest absolute Gasteiger partial charge is 0.472 e. The lowest BCUT2D eigenvalue weighted by Crippen LogP contribution is -2.37. The van der Waals surface area contributed by atoms with Gasteiger partial charge in [0.05, 0.1) is 27.7 Å². The monoisotopic (exact) mass is 1230 g/mol. The maximum atomic E-state index is 12.9. The fourth-order valence-corrected chi connectivity index (χ4v) is 10.3. The third-order valence-corrected chi connectivity index (χ3v) is 15.9. The van der Waals surface area contributed by atoms with Crippen LogP contribution in [0.15, 0.2) is 134 Å². The van der Waals surface area contributed by atoms with Gasteiger partial charge in [-0.15, -0.1) is 0 Å². The summed E-state index contributed by atoms with van der Waals surface area (Å²) >= 11 is 0. The number of ether oxygens (including phenoxy) is 2. The van der Waals surface area contributed by atoms with E-state index in [2.05, 4.69) is 148 Å². The predicted octanol–water partition coefficient (Wildman–Crippen LogP) is 23.2. The molecule has 0 aromatic rings. The van der Waals surface area contributed by atoms with E-state index in [1.165, 1.54) is 141 Å². The molecule has 0 aromatic heterocycles. The smallest absolute Gasteiger partial charge is 0.462 e. The minimum Gasteiger partial charge on any atom is -0.462 e. The van der Waals surface area contributed by atoms with Gasteiger partial charge in [-0.3, -0.25) is 18.6 Å². The van der Waals surface area contributed by atoms with Crippen molar-refractivity contribution in [3.05, 3.63) is 134 Å². The maximum absolute atomic E-state index is 12.9. The van der Waals surface area contributed by atoms with Crippen LogP contribution in [0, 0.1) is 0 Å². The Morgan fingerprint density at radius 2 is 0.655 bits per heavy atom. The summed E-state index contributed by atoms with van der Waals surface area (Å²) in [4.78, 5) is 35.9. The average molecular weight is 1230 g/mol. The molecule has 0 aliphatic rings. The minimum atomic E-state index is -4.40. The Labute approximate surface area is 536 Å². The molecule has 0 aromatic carbocycles. The van der Waals surface area contributed by atoms with Crippen molar-refractivity contribution in [2.24, 2.45) is 0 Å². The summed E-state index contributed by atoms with van der Waals surface area (Å²) in [7, 11) is 1.46. The Balaban J connectivity index is 4.11. The molecule has 10 heteroatoms. The average Bonchev–Trinajstić information content (AvgIpc) is 3.50. The molecule has 2 unspecified atom stereocenters. The van der Waals surface area contributed by atoms with E-state index in [1.54, 1.807) is 0 Å². The number of quaternary nitrogens is 1. The van der Waals surface area contributed by atoms with Gasteiger partial charge in [0.2, 0.25) is 0 Å². The lowest BCUT2D eigenvalue weighted by molar-refractivity contribution is -0.870.